The fourth-order valence-corrected chi connectivity index (χ4v) is 7.78. The Morgan fingerprint density at radius 2 is 1.00 bits per heavy atom. The number of nitrogens with zero attached hydrogens (tertiary/aromatic N) is 2. The lowest BCUT2D eigenvalue weighted by atomic mass is 10.0. The molecule has 3 aromatic heterocycles. The molecule has 3 heteroatoms. The Morgan fingerprint density at radius 1 is 0.415 bits per heavy atom. The van der Waals surface area contributed by atoms with Crippen LogP contribution in [0.3, 0.4) is 0 Å². The topological polar surface area (TPSA) is 9.86 Å². The number of aromatic nitrogens is 2. The van der Waals surface area contributed by atoms with Crippen molar-refractivity contribution in [3.05, 3.63) is 146 Å². The van der Waals surface area contributed by atoms with Gasteiger partial charge in [0.1, 0.15) is 0 Å². The molecule has 0 atom stereocenters. The molecule has 0 saturated heterocycles. The van der Waals surface area contributed by atoms with Gasteiger partial charge in [0.05, 0.1) is 26.8 Å². The van der Waals surface area contributed by atoms with E-state index in [9.17, 15) is 0 Å². The smallest absolute Gasteiger partial charge is 0.0727 e. The number of hydrogen-bond acceptors (Lipinski definition) is 1. The summed E-state index contributed by atoms with van der Waals surface area (Å²) in [5.74, 6) is 0. The Balaban J connectivity index is 1.39. The summed E-state index contributed by atoms with van der Waals surface area (Å²) in [6.07, 6.45) is 0. The van der Waals surface area contributed by atoms with Crippen LogP contribution in [0, 0.1) is 0 Å². The fraction of sp³-hybridized carbons (Fsp3) is 0. The Bertz CT molecular complexity index is 2410. The molecule has 0 saturated carbocycles. The molecule has 0 aliphatic rings. The van der Waals surface area contributed by atoms with Crippen LogP contribution in [-0.2, 0) is 0 Å². The summed E-state index contributed by atoms with van der Waals surface area (Å²) in [7, 11) is 0. The van der Waals surface area contributed by atoms with Crippen LogP contribution in [-0.4, -0.2) is 9.13 Å². The highest BCUT2D eigenvalue weighted by molar-refractivity contribution is 7.26. The lowest BCUT2D eigenvalue weighted by Gasteiger charge is -2.12. The molecule has 2 nitrogen and oxygen atoms in total. The average molecular weight is 541 g/mol. The monoisotopic (exact) mass is 540 g/mol. The van der Waals surface area contributed by atoms with E-state index >= 15 is 0 Å². The maximum absolute atomic E-state index is 2.44. The van der Waals surface area contributed by atoms with E-state index in [4.69, 9.17) is 0 Å². The van der Waals surface area contributed by atoms with Gasteiger partial charge in [0.25, 0.3) is 0 Å². The lowest BCUT2D eigenvalue weighted by molar-refractivity contribution is 1.18. The van der Waals surface area contributed by atoms with Gasteiger partial charge in [0, 0.05) is 43.2 Å². The van der Waals surface area contributed by atoms with E-state index < -0.39 is 0 Å². The minimum atomic E-state index is 1.18. The maximum atomic E-state index is 2.44. The molecule has 9 rings (SSSR count). The number of rotatable bonds is 3. The van der Waals surface area contributed by atoms with Crippen molar-refractivity contribution in [1.82, 2.24) is 9.13 Å². The standard InChI is InChI=1S/C38H24N2S/c1-3-12-26(13-4-1)39-33-20-9-7-16-29(33)30-19-11-18-28(36(30)39)25-22-23-35-32(24-25)37-38(41-35)31-17-8-10-21-34(31)40(37)27-14-5-2-6-15-27/h1-24H. The van der Waals surface area contributed by atoms with Crippen LogP contribution >= 0.6 is 11.3 Å². The van der Waals surface area contributed by atoms with E-state index in [0.717, 1.165) is 0 Å². The molecule has 0 fully saturated rings. The molecule has 0 unspecified atom stereocenters. The third-order valence-corrected chi connectivity index (χ3v) is 9.50. The Kier molecular flexibility index (Phi) is 4.80. The van der Waals surface area contributed by atoms with Crippen LogP contribution < -0.4 is 0 Å². The van der Waals surface area contributed by atoms with Gasteiger partial charge >= 0.3 is 0 Å². The van der Waals surface area contributed by atoms with Gasteiger partial charge in [-0.2, -0.15) is 0 Å². The molecule has 0 radical (unpaired) electrons. The molecule has 192 valence electrons. The summed E-state index contributed by atoms with van der Waals surface area (Å²) in [5.41, 5.74) is 9.84. The number of para-hydroxylation sites is 5. The fourth-order valence-electron chi connectivity index (χ4n) is 6.58. The van der Waals surface area contributed by atoms with Gasteiger partial charge in [-0.25, -0.2) is 0 Å². The summed E-state index contributed by atoms with van der Waals surface area (Å²) in [5, 5.41) is 5.15. The van der Waals surface area contributed by atoms with Gasteiger partial charge in [-0.1, -0.05) is 97.1 Å². The average Bonchev–Trinajstić information content (AvgIpc) is 3.69. The van der Waals surface area contributed by atoms with Gasteiger partial charge < -0.3 is 9.13 Å². The second-order valence-corrected chi connectivity index (χ2v) is 11.6. The second kappa shape index (κ2) is 8.69. The van der Waals surface area contributed by atoms with E-state index in [1.165, 1.54) is 75.5 Å². The number of thiophene rings is 1. The van der Waals surface area contributed by atoms with Crippen molar-refractivity contribution < 1.29 is 0 Å². The zero-order valence-electron chi connectivity index (χ0n) is 22.2. The van der Waals surface area contributed by atoms with Crippen molar-refractivity contribution >= 4 is 64.3 Å². The molecule has 0 amide bonds. The van der Waals surface area contributed by atoms with Gasteiger partial charge in [0.2, 0.25) is 0 Å². The highest BCUT2D eigenvalue weighted by atomic mass is 32.1. The van der Waals surface area contributed by atoms with Crippen LogP contribution in [0.1, 0.15) is 0 Å². The van der Waals surface area contributed by atoms with E-state index in [1.807, 2.05) is 11.3 Å². The first-order valence-electron chi connectivity index (χ1n) is 14.0. The molecule has 9 aromatic rings. The number of hydrogen-bond donors (Lipinski definition) is 0. The lowest BCUT2D eigenvalue weighted by Crippen LogP contribution is -1.95. The van der Waals surface area contributed by atoms with Crippen molar-refractivity contribution in [3.8, 4) is 22.5 Å². The highest BCUT2D eigenvalue weighted by Crippen LogP contribution is 2.45. The SMILES string of the molecule is c1ccc(-n2c3ccccc3c3cccc(-c4ccc5sc6c7ccccc7n(-c7ccccc7)c6c5c4)c32)cc1. The minimum Gasteiger partial charge on any atom is -0.309 e. The first-order valence-corrected chi connectivity index (χ1v) is 14.8. The predicted molar refractivity (Wildman–Crippen MR) is 176 cm³/mol. The molecule has 41 heavy (non-hydrogen) atoms. The molecule has 6 aromatic carbocycles. The summed E-state index contributed by atoms with van der Waals surface area (Å²) in [6, 6.07) is 52.8. The zero-order valence-corrected chi connectivity index (χ0v) is 23.0. The van der Waals surface area contributed by atoms with E-state index in [2.05, 4.69) is 155 Å². The van der Waals surface area contributed by atoms with Gasteiger partial charge in [0.15, 0.2) is 0 Å². The van der Waals surface area contributed by atoms with Gasteiger partial charge in [-0.05, 0) is 54.1 Å². The Morgan fingerprint density at radius 3 is 1.73 bits per heavy atom. The Labute approximate surface area is 240 Å². The van der Waals surface area contributed by atoms with Crippen molar-refractivity contribution in [3.63, 3.8) is 0 Å². The summed E-state index contributed by atoms with van der Waals surface area (Å²) < 4.78 is 7.52. The first-order chi connectivity index (χ1) is 20.4. The largest absolute Gasteiger partial charge is 0.309 e. The molecular weight excluding hydrogens is 516 g/mol. The highest BCUT2D eigenvalue weighted by Gasteiger charge is 2.20. The maximum Gasteiger partial charge on any atom is 0.0727 e. The molecule has 0 N–H and O–H groups in total. The molecule has 0 bridgehead atoms. The van der Waals surface area contributed by atoms with Crippen LogP contribution in [0.5, 0.6) is 0 Å². The van der Waals surface area contributed by atoms with Gasteiger partial charge in [-0.3, -0.25) is 0 Å². The number of benzene rings is 6. The molecule has 3 heterocycles. The molecule has 0 aliphatic carbocycles. The van der Waals surface area contributed by atoms with Crippen LogP contribution in [0.15, 0.2) is 146 Å². The zero-order chi connectivity index (χ0) is 26.9. The third-order valence-electron chi connectivity index (χ3n) is 8.31. The van der Waals surface area contributed by atoms with Crippen molar-refractivity contribution in [2.45, 2.75) is 0 Å². The van der Waals surface area contributed by atoms with Gasteiger partial charge in [-0.15, -0.1) is 11.3 Å². The predicted octanol–water partition coefficient (Wildman–Crippen LogP) is 10.8. The van der Waals surface area contributed by atoms with Crippen LogP contribution in [0.4, 0.5) is 0 Å². The van der Waals surface area contributed by atoms with Crippen molar-refractivity contribution in [1.29, 1.82) is 0 Å². The summed E-state index contributed by atoms with van der Waals surface area (Å²) in [4.78, 5) is 0. The molecular formula is C38H24N2S. The van der Waals surface area contributed by atoms with Crippen LogP contribution in [0.25, 0.3) is 75.5 Å². The van der Waals surface area contributed by atoms with Crippen molar-refractivity contribution in [2.24, 2.45) is 0 Å². The first kappa shape index (κ1) is 22.7. The summed E-state index contributed by atoms with van der Waals surface area (Å²) >= 11 is 1.89. The quantitative estimate of drug-likeness (QED) is 0.211. The van der Waals surface area contributed by atoms with E-state index in [1.54, 1.807) is 0 Å². The summed E-state index contributed by atoms with van der Waals surface area (Å²) in [6.45, 7) is 0. The normalized spacial score (nSPS) is 11.9. The van der Waals surface area contributed by atoms with E-state index in [0.29, 0.717) is 0 Å². The molecule has 0 spiro atoms. The van der Waals surface area contributed by atoms with Crippen LogP contribution in [0.2, 0.25) is 0 Å². The molecule has 0 aliphatic heterocycles. The van der Waals surface area contributed by atoms with E-state index in [-0.39, 0.29) is 0 Å². The van der Waals surface area contributed by atoms with Crippen molar-refractivity contribution in [2.75, 3.05) is 0 Å². The Hall–Kier alpha value is -5.12. The minimum absolute atomic E-state index is 1.18. The second-order valence-electron chi connectivity index (χ2n) is 10.6. The third kappa shape index (κ3) is 3.24. The number of fused-ring (bicyclic) bond motifs is 8.